The maximum atomic E-state index is 13.9. The molecular weight excluding hydrogens is 658 g/mol. The van der Waals surface area contributed by atoms with Crippen molar-refractivity contribution in [3.05, 3.63) is 92.7 Å². The summed E-state index contributed by atoms with van der Waals surface area (Å²) in [6.45, 7) is -0.246. The number of carbonyl (C=O) groups is 3. The Balaban J connectivity index is 1.07. The second kappa shape index (κ2) is 11.8. The molecule has 8 rings (SSSR count). The molecule has 2 bridgehead atoms. The van der Waals surface area contributed by atoms with Crippen molar-refractivity contribution in [3.8, 4) is 17.2 Å². The van der Waals surface area contributed by atoms with Gasteiger partial charge in [0, 0.05) is 21.7 Å². The van der Waals surface area contributed by atoms with Crippen molar-refractivity contribution in [2.45, 2.75) is 22.6 Å². The number of methoxy groups -OCH3 is 2. The minimum absolute atomic E-state index is 0.00693. The van der Waals surface area contributed by atoms with Crippen molar-refractivity contribution < 1.29 is 33.0 Å². The average Bonchev–Trinajstić information content (AvgIpc) is 3.83. The van der Waals surface area contributed by atoms with Crippen LogP contribution in [0.15, 0.2) is 76.6 Å². The van der Waals surface area contributed by atoms with E-state index in [9.17, 15) is 23.6 Å². The third kappa shape index (κ3) is 4.90. The van der Waals surface area contributed by atoms with Crippen LogP contribution in [0, 0.1) is 35.4 Å². The van der Waals surface area contributed by atoms with Crippen molar-refractivity contribution in [1.82, 2.24) is 4.98 Å². The summed E-state index contributed by atoms with van der Waals surface area (Å²) in [4.78, 5) is 58.0. The molecule has 0 radical (unpaired) electrons. The van der Waals surface area contributed by atoms with Gasteiger partial charge in [0.15, 0.2) is 18.1 Å². The summed E-state index contributed by atoms with van der Waals surface area (Å²) in [5.74, 6) is -1.08. The Morgan fingerprint density at radius 1 is 0.938 bits per heavy atom. The van der Waals surface area contributed by atoms with Gasteiger partial charge >= 0.3 is 4.87 Å². The van der Waals surface area contributed by atoms with Crippen LogP contribution < -0.4 is 29.3 Å². The number of anilines is 2. The molecule has 246 valence electrons. The molecule has 13 heteroatoms. The molecule has 4 aromatic rings. The van der Waals surface area contributed by atoms with Gasteiger partial charge in [0.2, 0.25) is 11.8 Å². The predicted molar refractivity (Wildman–Crippen MR) is 178 cm³/mol. The Bertz CT molecular complexity index is 2000. The van der Waals surface area contributed by atoms with Crippen LogP contribution in [-0.2, 0) is 14.4 Å². The largest absolute Gasteiger partial charge is 0.497 e. The summed E-state index contributed by atoms with van der Waals surface area (Å²) in [6, 6.07) is 18.0. The first-order valence-electron chi connectivity index (χ1n) is 15.5. The number of fused-ring (bicyclic) bond motifs is 9. The Kier molecular flexibility index (Phi) is 7.55. The molecular formula is C35H30FN3O7S2. The summed E-state index contributed by atoms with van der Waals surface area (Å²) < 4.78 is 30.4. The first-order chi connectivity index (χ1) is 23.2. The van der Waals surface area contributed by atoms with Crippen molar-refractivity contribution in [3.63, 3.8) is 0 Å². The van der Waals surface area contributed by atoms with Crippen molar-refractivity contribution in [1.29, 1.82) is 0 Å². The van der Waals surface area contributed by atoms with Gasteiger partial charge in [-0.05, 0) is 90.4 Å². The number of imide groups is 1. The highest BCUT2D eigenvalue weighted by molar-refractivity contribution is 8.00. The number of nitrogens with zero attached hydrogens (tertiary/aromatic N) is 1. The smallest absolute Gasteiger partial charge is 0.305 e. The van der Waals surface area contributed by atoms with Crippen LogP contribution in [0.2, 0.25) is 0 Å². The van der Waals surface area contributed by atoms with Crippen LogP contribution in [0.4, 0.5) is 15.8 Å². The van der Waals surface area contributed by atoms with E-state index in [0.29, 0.717) is 28.6 Å². The molecule has 7 atom stereocenters. The number of benzene rings is 3. The Morgan fingerprint density at radius 3 is 2.38 bits per heavy atom. The number of thioether (sulfide) groups is 1. The number of rotatable bonds is 8. The molecule has 3 heterocycles. The van der Waals surface area contributed by atoms with Crippen LogP contribution in [0.3, 0.4) is 0 Å². The van der Waals surface area contributed by atoms with Crippen LogP contribution in [0.1, 0.15) is 22.8 Å². The second-order valence-electron chi connectivity index (χ2n) is 12.4. The van der Waals surface area contributed by atoms with Gasteiger partial charge in [-0.3, -0.25) is 24.1 Å². The van der Waals surface area contributed by atoms with Crippen molar-refractivity contribution in [2.75, 3.05) is 31.0 Å². The van der Waals surface area contributed by atoms with Crippen LogP contribution in [0.5, 0.6) is 17.2 Å². The molecule has 10 nitrogen and oxygen atoms in total. The van der Waals surface area contributed by atoms with Gasteiger partial charge in [0.25, 0.3) is 5.91 Å². The molecule has 48 heavy (non-hydrogen) atoms. The highest BCUT2D eigenvalue weighted by atomic mass is 32.2. The third-order valence-corrected chi connectivity index (χ3v) is 12.7. The number of hydrogen-bond acceptors (Lipinski definition) is 9. The summed E-state index contributed by atoms with van der Waals surface area (Å²) >= 11 is 2.77. The third-order valence-electron chi connectivity index (χ3n) is 10.1. The lowest BCUT2D eigenvalue weighted by atomic mass is 9.68. The topological polar surface area (TPSA) is 127 Å². The molecule has 1 saturated heterocycles. The number of ether oxygens (including phenoxy) is 3. The summed E-state index contributed by atoms with van der Waals surface area (Å²) in [5.41, 5.74) is 1.88. The lowest BCUT2D eigenvalue weighted by molar-refractivity contribution is -0.123. The summed E-state index contributed by atoms with van der Waals surface area (Å²) in [7, 11) is 3.10. The molecule has 2 aliphatic carbocycles. The van der Waals surface area contributed by atoms with Gasteiger partial charge in [-0.15, -0.1) is 11.8 Å². The first-order valence-corrected chi connectivity index (χ1v) is 17.2. The van der Waals surface area contributed by atoms with Crippen LogP contribution in [0.25, 0.3) is 0 Å². The lowest BCUT2D eigenvalue weighted by Crippen LogP contribution is -2.42. The summed E-state index contributed by atoms with van der Waals surface area (Å²) in [5, 5.41) is 3.59. The molecule has 3 aromatic carbocycles. The Morgan fingerprint density at radius 2 is 1.67 bits per heavy atom. The van der Waals surface area contributed by atoms with E-state index in [1.165, 1.54) is 47.6 Å². The fourth-order valence-corrected chi connectivity index (χ4v) is 11.1. The predicted octanol–water partition coefficient (Wildman–Crippen LogP) is 5.29. The van der Waals surface area contributed by atoms with Gasteiger partial charge in [0.05, 0.1) is 36.8 Å². The molecule has 3 amide bonds. The number of amides is 3. The van der Waals surface area contributed by atoms with E-state index < -0.39 is 17.7 Å². The Labute approximate surface area is 282 Å². The fraction of sp³-hybridized carbons (Fsp3) is 0.314. The SMILES string of the molecule is COc1ccc(NC(=O)COc2ccc([C@H]3c4sc(=O)[nH]c4SC4C5CC(C6C(=O)N(c7ccc(F)cc7)C(=O)C56)C43)cc2OC)cc1. The van der Waals surface area contributed by atoms with E-state index in [1.807, 2.05) is 12.1 Å². The number of carbonyl (C=O) groups excluding carboxylic acids is 3. The number of aromatic nitrogens is 1. The average molecular weight is 688 g/mol. The number of hydrogen-bond donors (Lipinski definition) is 2. The minimum atomic E-state index is -0.483. The molecule has 0 spiro atoms. The van der Waals surface area contributed by atoms with Crippen LogP contribution >= 0.6 is 23.1 Å². The van der Waals surface area contributed by atoms with E-state index in [2.05, 4.69) is 10.3 Å². The standard InChI is InChI=1S/C35H30FN3O7S2/c1-44-20-10-6-18(7-11-20)37-25(40)15-46-23-12-3-16(13-24(23)45-2)26-27-21-14-22(30(27)47-32-31(26)48-35(43)38-32)29-28(21)33(41)39(34(29)42)19-8-4-17(36)5-9-19/h3-13,21-22,26-30H,14-15H2,1-2H3,(H,37,40)(H,38,43)/t21?,22?,26-,27?,28?,29?,30?/m1/s1. The van der Waals surface area contributed by atoms with E-state index in [0.717, 1.165) is 21.9 Å². The maximum absolute atomic E-state index is 13.9. The van der Waals surface area contributed by atoms with E-state index >= 15 is 0 Å². The molecule has 4 aliphatic rings. The maximum Gasteiger partial charge on any atom is 0.305 e. The second-order valence-corrected chi connectivity index (χ2v) is 14.6. The lowest BCUT2D eigenvalue weighted by Gasteiger charge is -2.43. The molecule has 6 unspecified atom stereocenters. The highest BCUT2D eigenvalue weighted by Crippen LogP contribution is 2.68. The van der Waals surface area contributed by atoms with Crippen molar-refractivity contribution in [2.24, 2.45) is 29.6 Å². The van der Waals surface area contributed by atoms with Gasteiger partial charge in [0.1, 0.15) is 11.6 Å². The number of aromatic amines is 1. The Hall–Kier alpha value is -4.62. The summed E-state index contributed by atoms with van der Waals surface area (Å²) in [6.07, 6.45) is 0.740. The number of halogens is 1. The first kappa shape index (κ1) is 30.7. The van der Waals surface area contributed by atoms with E-state index in [1.54, 1.807) is 49.2 Å². The van der Waals surface area contributed by atoms with Crippen LogP contribution in [-0.4, -0.2) is 48.8 Å². The van der Waals surface area contributed by atoms with Gasteiger partial charge < -0.3 is 24.5 Å². The number of thiazole rings is 1. The highest BCUT2D eigenvalue weighted by Gasteiger charge is 2.69. The zero-order valence-corrected chi connectivity index (χ0v) is 27.4. The zero-order chi connectivity index (χ0) is 33.3. The minimum Gasteiger partial charge on any atom is -0.497 e. The zero-order valence-electron chi connectivity index (χ0n) is 25.8. The molecule has 2 N–H and O–H groups in total. The number of nitrogens with one attached hydrogen (secondary N) is 2. The normalized spacial score (nSPS) is 26.6. The molecule has 1 aromatic heterocycles. The van der Waals surface area contributed by atoms with Gasteiger partial charge in [-0.2, -0.15) is 0 Å². The monoisotopic (exact) mass is 687 g/mol. The number of H-pyrrole nitrogens is 1. The molecule has 3 fully saturated rings. The quantitative estimate of drug-likeness (QED) is 0.240. The molecule has 2 saturated carbocycles. The van der Waals surface area contributed by atoms with Gasteiger partial charge in [-0.25, -0.2) is 4.39 Å². The van der Waals surface area contributed by atoms with E-state index in [4.69, 9.17) is 14.2 Å². The van der Waals surface area contributed by atoms with E-state index in [-0.39, 0.29) is 58.1 Å². The fourth-order valence-electron chi connectivity index (χ4n) is 8.25. The molecule has 2 aliphatic heterocycles. The van der Waals surface area contributed by atoms with Gasteiger partial charge in [-0.1, -0.05) is 17.4 Å². The van der Waals surface area contributed by atoms with Crippen molar-refractivity contribution >= 4 is 52.2 Å².